The highest BCUT2D eigenvalue weighted by Crippen LogP contribution is 2.20. The molecule has 6 heteroatoms. The molecule has 1 aromatic heterocycles. The highest BCUT2D eigenvalue weighted by molar-refractivity contribution is 6.34. The summed E-state index contributed by atoms with van der Waals surface area (Å²) < 4.78 is 15.0. The highest BCUT2D eigenvalue weighted by atomic mass is 35.5. The van der Waals surface area contributed by atoms with Gasteiger partial charge in [0.05, 0.1) is 10.7 Å². The molecule has 1 amide bonds. The molecule has 0 fully saturated rings. The summed E-state index contributed by atoms with van der Waals surface area (Å²) >= 11 is 6.08. The predicted molar refractivity (Wildman–Crippen MR) is 75.2 cm³/mol. The number of amides is 1. The molecule has 1 heterocycles. The van der Waals surface area contributed by atoms with Gasteiger partial charge >= 0.3 is 0 Å². The van der Waals surface area contributed by atoms with Crippen molar-refractivity contribution >= 4 is 17.5 Å². The van der Waals surface area contributed by atoms with Crippen molar-refractivity contribution in [3.63, 3.8) is 0 Å². The fourth-order valence-corrected chi connectivity index (χ4v) is 2.13. The number of halogens is 2. The van der Waals surface area contributed by atoms with E-state index in [2.05, 4.69) is 10.4 Å². The van der Waals surface area contributed by atoms with Crippen LogP contribution in [0.5, 0.6) is 0 Å². The molecule has 0 atom stereocenters. The van der Waals surface area contributed by atoms with Gasteiger partial charge in [0.15, 0.2) is 0 Å². The van der Waals surface area contributed by atoms with E-state index >= 15 is 0 Å². The van der Waals surface area contributed by atoms with Gasteiger partial charge in [-0.25, -0.2) is 4.39 Å². The summed E-state index contributed by atoms with van der Waals surface area (Å²) in [5.74, 6) is -0.709. The number of carbonyl (C=O) groups is 1. The van der Waals surface area contributed by atoms with Crippen molar-refractivity contribution in [2.75, 3.05) is 0 Å². The highest BCUT2D eigenvalue weighted by Gasteiger charge is 2.19. The van der Waals surface area contributed by atoms with Crippen LogP contribution >= 0.6 is 11.6 Å². The molecule has 0 radical (unpaired) electrons. The molecular formula is C14H15ClFN3O. The van der Waals surface area contributed by atoms with Crippen molar-refractivity contribution in [2.45, 2.75) is 26.9 Å². The average molecular weight is 296 g/mol. The van der Waals surface area contributed by atoms with Crippen LogP contribution in [0.1, 0.15) is 28.7 Å². The standard InChI is InChI=1S/C14H15ClFN3O/c1-3-19-13(12(15)9(2)18-19)14(20)17-8-10-6-4-5-7-11(10)16/h4-7H,3,8H2,1-2H3,(H,17,20). The number of nitrogens with one attached hydrogen (secondary N) is 1. The topological polar surface area (TPSA) is 46.9 Å². The minimum Gasteiger partial charge on any atom is -0.346 e. The van der Waals surface area contributed by atoms with Gasteiger partial charge in [-0.05, 0) is 19.9 Å². The van der Waals surface area contributed by atoms with Gasteiger partial charge in [0.1, 0.15) is 11.5 Å². The summed E-state index contributed by atoms with van der Waals surface area (Å²) in [6.45, 7) is 4.25. The second-order valence-electron chi connectivity index (χ2n) is 4.34. The zero-order valence-corrected chi connectivity index (χ0v) is 12.0. The molecule has 0 saturated heterocycles. The fourth-order valence-electron chi connectivity index (χ4n) is 1.91. The van der Waals surface area contributed by atoms with Crippen LogP contribution in [0.3, 0.4) is 0 Å². The molecule has 1 aromatic carbocycles. The van der Waals surface area contributed by atoms with E-state index in [1.165, 1.54) is 10.7 Å². The number of aromatic nitrogens is 2. The SMILES string of the molecule is CCn1nc(C)c(Cl)c1C(=O)NCc1ccccc1F. The Morgan fingerprint density at radius 3 is 2.80 bits per heavy atom. The molecule has 0 spiro atoms. The summed E-state index contributed by atoms with van der Waals surface area (Å²) in [6.07, 6.45) is 0. The lowest BCUT2D eigenvalue weighted by Crippen LogP contribution is -2.26. The van der Waals surface area contributed by atoms with Gasteiger partial charge in [0.25, 0.3) is 5.91 Å². The van der Waals surface area contributed by atoms with Crippen molar-refractivity contribution in [2.24, 2.45) is 0 Å². The number of nitrogens with zero attached hydrogens (tertiary/aromatic N) is 2. The predicted octanol–water partition coefficient (Wildman–Crippen LogP) is 2.93. The average Bonchev–Trinajstić information content (AvgIpc) is 2.73. The monoisotopic (exact) mass is 295 g/mol. The Labute approximate surface area is 121 Å². The van der Waals surface area contributed by atoms with Crippen LogP contribution < -0.4 is 5.32 Å². The molecule has 0 unspecified atom stereocenters. The second kappa shape index (κ2) is 6.05. The quantitative estimate of drug-likeness (QED) is 0.943. The third kappa shape index (κ3) is 2.82. The molecule has 0 saturated carbocycles. The first-order chi connectivity index (χ1) is 9.54. The lowest BCUT2D eigenvalue weighted by Gasteiger charge is -2.08. The Hall–Kier alpha value is -1.88. The van der Waals surface area contributed by atoms with Crippen LogP contribution in [-0.4, -0.2) is 15.7 Å². The molecule has 1 N–H and O–H groups in total. The Kier molecular flexibility index (Phi) is 4.39. The van der Waals surface area contributed by atoms with Crippen molar-refractivity contribution < 1.29 is 9.18 Å². The van der Waals surface area contributed by atoms with Crippen LogP contribution in [0.15, 0.2) is 24.3 Å². The van der Waals surface area contributed by atoms with Gasteiger partial charge in [-0.1, -0.05) is 29.8 Å². The Bertz CT molecular complexity index is 639. The first kappa shape index (κ1) is 14.5. The fraction of sp³-hybridized carbons (Fsp3) is 0.286. The number of rotatable bonds is 4. The zero-order valence-electron chi connectivity index (χ0n) is 11.3. The van der Waals surface area contributed by atoms with Crippen LogP contribution in [-0.2, 0) is 13.1 Å². The maximum absolute atomic E-state index is 13.5. The van der Waals surface area contributed by atoms with Crippen LogP contribution in [0.4, 0.5) is 4.39 Å². The van der Waals surface area contributed by atoms with Crippen LogP contribution in [0.2, 0.25) is 5.02 Å². The van der Waals surface area contributed by atoms with Crippen molar-refractivity contribution in [1.29, 1.82) is 0 Å². The Balaban J connectivity index is 2.15. The van der Waals surface area contributed by atoms with E-state index in [1.807, 2.05) is 6.92 Å². The van der Waals surface area contributed by atoms with Crippen LogP contribution in [0.25, 0.3) is 0 Å². The molecule has 0 bridgehead atoms. The molecule has 2 rings (SSSR count). The normalized spacial score (nSPS) is 10.6. The molecule has 106 valence electrons. The van der Waals surface area contributed by atoms with Gasteiger partial charge in [-0.15, -0.1) is 0 Å². The molecule has 4 nitrogen and oxygen atoms in total. The minimum atomic E-state index is -0.360. The molecule has 0 aliphatic carbocycles. The third-order valence-corrected chi connectivity index (χ3v) is 3.42. The molecule has 0 aliphatic rings. The van der Waals surface area contributed by atoms with Gasteiger partial charge in [0, 0.05) is 18.7 Å². The number of benzene rings is 1. The maximum atomic E-state index is 13.5. The number of hydrogen-bond acceptors (Lipinski definition) is 2. The second-order valence-corrected chi connectivity index (χ2v) is 4.72. The Morgan fingerprint density at radius 2 is 2.15 bits per heavy atom. The van der Waals surface area contributed by atoms with E-state index in [-0.39, 0.29) is 18.3 Å². The van der Waals surface area contributed by atoms with E-state index < -0.39 is 0 Å². The van der Waals surface area contributed by atoms with Crippen molar-refractivity contribution in [3.05, 3.63) is 52.1 Å². The number of hydrogen-bond donors (Lipinski definition) is 1. The van der Waals surface area contributed by atoms with E-state index in [9.17, 15) is 9.18 Å². The third-order valence-electron chi connectivity index (χ3n) is 2.97. The minimum absolute atomic E-state index is 0.107. The summed E-state index contributed by atoms with van der Waals surface area (Å²) in [5, 5.41) is 7.16. The number of aryl methyl sites for hydroxylation is 2. The largest absolute Gasteiger partial charge is 0.346 e. The lowest BCUT2D eigenvalue weighted by molar-refractivity contribution is 0.0940. The van der Waals surface area contributed by atoms with Gasteiger partial charge in [-0.2, -0.15) is 5.10 Å². The molecule has 0 aliphatic heterocycles. The first-order valence-electron chi connectivity index (χ1n) is 6.29. The lowest BCUT2D eigenvalue weighted by atomic mass is 10.2. The summed E-state index contributed by atoms with van der Waals surface area (Å²) in [7, 11) is 0. The van der Waals surface area contributed by atoms with E-state index in [0.717, 1.165) is 0 Å². The van der Waals surface area contributed by atoms with E-state index in [0.29, 0.717) is 28.5 Å². The number of carbonyl (C=O) groups excluding carboxylic acids is 1. The zero-order chi connectivity index (χ0) is 14.7. The van der Waals surface area contributed by atoms with Gasteiger partial charge in [-0.3, -0.25) is 9.48 Å². The molecule has 2 aromatic rings. The summed E-state index contributed by atoms with van der Waals surface area (Å²) in [4.78, 5) is 12.2. The summed E-state index contributed by atoms with van der Waals surface area (Å²) in [5.41, 5.74) is 1.34. The van der Waals surface area contributed by atoms with E-state index in [1.54, 1.807) is 25.1 Å². The van der Waals surface area contributed by atoms with Crippen molar-refractivity contribution in [3.8, 4) is 0 Å². The Morgan fingerprint density at radius 1 is 1.45 bits per heavy atom. The maximum Gasteiger partial charge on any atom is 0.271 e. The molecular weight excluding hydrogens is 281 g/mol. The van der Waals surface area contributed by atoms with E-state index in [4.69, 9.17) is 11.6 Å². The van der Waals surface area contributed by atoms with Gasteiger partial charge in [0.2, 0.25) is 0 Å². The molecule has 20 heavy (non-hydrogen) atoms. The summed E-state index contributed by atoms with van der Waals surface area (Å²) in [6, 6.07) is 6.31. The van der Waals surface area contributed by atoms with Gasteiger partial charge < -0.3 is 5.32 Å². The smallest absolute Gasteiger partial charge is 0.271 e. The first-order valence-corrected chi connectivity index (χ1v) is 6.67. The van der Waals surface area contributed by atoms with Crippen LogP contribution in [0, 0.1) is 12.7 Å². The van der Waals surface area contributed by atoms with Crippen molar-refractivity contribution in [1.82, 2.24) is 15.1 Å².